The molecule has 3 heteroatoms. The molecule has 2 rings (SSSR count). The number of nitrogens with one attached hydrogen (secondary N) is 1. The highest BCUT2D eigenvalue weighted by Crippen LogP contribution is 2.33. The van der Waals surface area contributed by atoms with E-state index in [1.807, 2.05) is 11.3 Å². The quantitative estimate of drug-likeness (QED) is 0.868. The Balaban J connectivity index is 1.91. The first kappa shape index (κ1) is 11.6. The second-order valence-corrected chi connectivity index (χ2v) is 6.30. The van der Waals surface area contributed by atoms with E-state index >= 15 is 0 Å². The summed E-state index contributed by atoms with van der Waals surface area (Å²) in [5, 5.41) is 5.85. The molecule has 0 saturated heterocycles. The summed E-state index contributed by atoms with van der Waals surface area (Å²) in [4.78, 5) is 1.42. The van der Waals surface area contributed by atoms with Gasteiger partial charge >= 0.3 is 0 Å². The van der Waals surface area contributed by atoms with Crippen molar-refractivity contribution in [2.75, 3.05) is 0 Å². The van der Waals surface area contributed by atoms with Gasteiger partial charge in [0.15, 0.2) is 0 Å². The summed E-state index contributed by atoms with van der Waals surface area (Å²) in [6, 6.07) is 3.25. The van der Waals surface area contributed by atoms with Gasteiger partial charge in [0, 0.05) is 21.4 Å². The molecule has 0 bridgehead atoms. The van der Waals surface area contributed by atoms with E-state index in [1.165, 1.54) is 28.6 Å². The van der Waals surface area contributed by atoms with Crippen LogP contribution in [-0.4, -0.2) is 6.04 Å². The van der Waals surface area contributed by atoms with E-state index in [1.54, 1.807) is 0 Å². The van der Waals surface area contributed by atoms with Crippen LogP contribution in [0.1, 0.15) is 44.0 Å². The Morgan fingerprint density at radius 3 is 2.67 bits per heavy atom. The van der Waals surface area contributed by atoms with Gasteiger partial charge in [-0.05, 0) is 60.0 Å². The van der Waals surface area contributed by atoms with Crippen molar-refractivity contribution >= 4 is 27.3 Å². The predicted octanol–water partition coefficient (Wildman–Crippen LogP) is 4.35. The van der Waals surface area contributed by atoms with Gasteiger partial charge in [0.1, 0.15) is 0 Å². The number of halogens is 1. The van der Waals surface area contributed by atoms with E-state index in [2.05, 4.69) is 46.5 Å². The van der Waals surface area contributed by atoms with Crippen LogP contribution in [0.4, 0.5) is 0 Å². The molecule has 0 aromatic carbocycles. The minimum absolute atomic E-state index is 0.468. The lowest BCUT2D eigenvalue weighted by Gasteiger charge is -2.33. The van der Waals surface area contributed by atoms with Crippen LogP contribution in [-0.2, 0) is 0 Å². The zero-order valence-electron chi connectivity index (χ0n) is 9.29. The summed E-state index contributed by atoms with van der Waals surface area (Å²) < 4.78 is 1.24. The van der Waals surface area contributed by atoms with Crippen LogP contribution in [0.3, 0.4) is 0 Å². The second kappa shape index (κ2) is 4.98. The van der Waals surface area contributed by atoms with E-state index in [0.717, 1.165) is 5.92 Å². The summed E-state index contributed by atoms with van der Waals surface area (Å²) in [5.74, 6) is 0.909. The van der Waals surface area contributed by atoms with Crippen LogP contribution in [0.15, 0.2) is 15.9 Å². The Hall–Kier alpha value is 0.140. The fourth-order valence-corrected chi connectivity index (χ4v) is 3.89. The van der Waals surface area contributed by atoms with Crippen LogP contribution in [0.25, 0.3) is 0 Å². The predicted molar refractivity (Wildman–Crippen MR) is 70.4 cm³/mol. The monoisotopic (exact) mass is 287 g/mol. The zero-order chi connectivity index (χ0) is 10.8. The molecule has 2 atom stereocenters. The molecule has 0 amide bonds. The molecule has 1 aliphatic carbocycles. The van der Waals surface area contributed by atoms with Crippen molar-refractivity contribution in [3.8, 4) is 0 Å². The molecule has 1 aromatic rings. The van der Waals surface area contributed by atoms with Gasteiger partial charge in [-0.2, -0.15) is 0 Å². The molecule has 1 fully saturated rings. The van der Waals surface area contributed by atoms with E-state index in [4.69, 9.17) is 0 Å². The van der Waals surface area contributed by atoms with Crippen LogP contribution in [0.2, 0.25) is 0 Å². The Labute approximate surface area is 104 Å². The molecule has 1 heterocycles. The first-order chi connectivity index (χ1) is 7.18. The molecule has 1 nitrogen and oxygen atoms in total. The third kappa shape index (κ3) is 2.63. The average molecular weight is 288 g/mol. The third-order valence-corrected chi connectivity index (χ3v) is 5.46. The molecule has 15 heavy (non-hydrogen) atoms. The first-order valence-electron chi connectivity index (χ1n) is 5.67. The molecule has 2 unspecified atom stereocenters. The molecule has 0 radical (unpaired) electrons. The lowest BCUT2D eigenvalue weighted by molar-refractivity contribution is 0.230. The molecule has 1 aromatic heterocycles. The van der Waals surface area contributed by atoms with E-state index in [9.17, 15) is 0 Å². The van der Waals surface area contributed by atoms with Gasteiger partial charge in [0.05, 0.1) is 0 Å². The van der Waals surface area contributed by atoms with Crippen molar-refractivity contribution in [1.29, 1.82) is 0 Å². The molecule has 1 aliphatic rings. The molecular formula is C12H18BrNS. The maximum Gasteiger partial charge on any atom is 0.0399 e. The fourth-order valence-electron chi connectivity index (χ4n) is 2.16. The van der Waals surface area contributed by atoms with E-state index in [0.29, 0.717) is 12.1 Å². The number of hydrogen-bond acceptors (Lipinski definition) is 2. The first-order valence-corrected chi connectivity index (χ1v) is 7.34. The average Bonchev–Trinajstić information content (AvgIpc) is 2.47. The minimum Gasteiger partial charge on any atom is -0.307 e. The standard InChI is InChI=1S/C12H18BrNS/c1-8(10-4-3-5-10)14-9(2)12-11(13)6-7-15-12/h6-10,14H,3-5H2,1-2H3. The summed E-state index contributed by atoms with van der Waals surface area (Å²) in [6.45, 7) is 4.58. The van der Waals surface area contributed by atoms with Gasteiger partial charge in [0.25, 0.3) is 0 Å². The fraction of sp³-hybridized carbons (Fsp3) is 0.667. The van der Waals surface area contributed by atoms with Crippen LogP contribution < -0.4 is 5.32 Å². The number of thiophene rings is 1. The van der Waals surface area contributed by atoms with Crippen molar-refractivity contribution in [2.24, 2.45) is 5.92 Å². The summed E-state index contributed by atoms with van der Waals surface area (Å²) in [7, 11) is 0. The van der Waals surface area contributed by atoms with Crippen LogP contribution in [0, 0.1) is 5.92 Å². The van der Waals surface area contributed by atoms with E-state index in [-0.39, 0.29) is 0 Å². The lowest BCUT2D eigenvalue weighted by atomic mass is 9.80. The smallest absolute Gasteiger partial charge is 0.0399 e. The Morgan fingerprint density at radius 2 is 2.20 bits per heavy atom. The molecule has 1 N–H and O–H groups in total. The molecule has 0 spiro atoms. The number of rotatable bonds is 4. The van der Waals surface area contributed by atoms with Crippen molar-refractivity contribution < 1.29 is 0 Å². The highest BCUT2D eigenvalue weighted by molar-refractivity contribution is 9.10. The normalized spacial score (nSPS) is 21.0. The largest absolute Gasteiger partial charge is 0.307 e. The van der Waals surface area contributed by atoms with Gasteiger partial charge < -0.3 is 5.32 Å². The highest BCUT2D eigenvalue weighted by atomic mass is 79.9. The van der Waals surface area contributed by atoms with E-state index < -0.39 is 0 Å². The van der Waals surface area contributed by atoms with Crippen LogP contribution in [0.5, 0.6) is 0 Å². The minimum atomic E-state index is 0.468. The van der Waals surface area contributed by atoms with Crippen molar-refractivity contribution in [3.05, 3.63) is 20.8 Å². The molecule has 84 valence electrons. The van der Waals surface area contributed by atoms with Gasteiger partial charge in [0.2, 0.25) is 0 Å². The molecule has 1 saturated carbocycles. The van der Waals surface area contributed by atoms with Crippen LogP contribution >= 0.6 is 27.3 Å². The summed E-state index contributed by atoms with van der Waals surface area (Å²) in [5.41, 5.74) is 0. The third-order valence-electron chi connectivity index (χ3n) is 3.41. The second-order valence-electron chi connectivity index (χ2n) is 4.50. The van der Waals surface area contributed by atoms with Crippen molar-refractivity contribution in [3.63, 3.8) is 0 Å². The lowest BCUT2D eigenvalue weighted by Crippen LogP contribution is -2.38. The van der Waals surface area contributed by atoms with Gasteiger partial charge in [-0.3, -0.25) is 0 Å². The Morgan fingerprint density at radius 1 is 1.47 bits per heavy atom. The topological polar surface area (TPSA) is 12.0 Å². The summed E-state index contributed by atoms with van der Waals surface area (Å²) in [6.07, 6.45) is 4.24. The summed E-state index contributed by atoms with van der Waals surface area (Å²) >= 11 is 5.42. The molecular weight excluding hydrogens is 270 g/mol. The van der Waals surface area contributed by atoms with Gasteiger partial charge in [-0.1, -0.05) is 6.42 Å². The Kier molecular flexibility index (Phi) is 3.86. The highest BCUT2D eigenvalue weighted by Gasteiger charge is 2.25. The maximum absolute atomic E-state index is 3.71. The van der Waals surface area contributed by atoms with Gasteiger partial charge in [-0.15, -0.1) is 11.3 Å². The maximum atomic E-state index is 3.71. The van der Waals surface area contributed by atoms with Crippen molar-refractivity contribution in [1.82, 2.24) is 5.32 Å². The Bertz CT molecular complexity index is 319. The molecule has 0 aliphatic heterocycles. The SMILES string of the molecule is CC(NC(C)C1CCC1)c1sccc1Br. The van der Waals surface area contributed by atoms with Gasteiger partial charge in [-0.25, -0.2) is 0 Å². The van der Waals surface area contributed by atoms with Crippen molar-refractivity contribution in [2.45, 2.75) is 45.2 Å². The zero-order valence-corrected chi connectivity index (χ0v) is 11.7. The number of hydrogen-bond donors (Lipinski definition) is 1.